The molecule has 1 rings (SSSR count). The molecule has 10 heavy (non-hydrogen) atoms. The van der Waals surface area contributed by atoms with E-state index in [1.54, 1.807) is 0 Å². The van der Waals surface area contributed by atoms with Gasteiger partial charge in [0.25, 0.3) is 0 Å². The number of likely N-dealkylation sites (N-methyl/N-ethyl adjacent to an activating group) is 1. The first kappa shape index (κ1) is 7.97. The van der Waals surface area contributed by atoms with Crippen LogP contribution in [0.5, 0.6) is 0 Å². The monoisotopic (exact) mass is 164 g/mol. The first-order valence-corrected chi connectivity index (χ1v) is 5.01. The molecule has 0 unspecified atom stereocenters. The Balaban J connectivity index is 2.41. The van der Waals surface area contributed by atoms with E-state index in [2.05, 4.69) is 5.32 Å². The minimum Gasteiger partial charge on any atom is -0.314 e. The molecule has 0 saturated carbocycles. The summed E-state index contributed by atoms with van der Waals surface area (Å²) in [6, 6.07) is 0.356. The zero-order chi connectivity index (χ0) is 7.78. The van der Waals surface area contributed by atoms with Crippen molar-refractivity contribution >= 4 is 10.0 Å². The molecule has 1 heterocycles. The number of hydrogen-bond acceptors (Lipinski definition) is 3. The summed E-state index contributed by atoms with van der Waals surface area (Å²) in [5, 5.41) is 3.00. The minimum atomic E-state index is -2.92. The van der Waals surface area contributed by atoms with E-state index in [0.29, 0.717) is 19.1 Å². The number of nitrogens with zero attached hydrogens (tertiary/aromatic N) is 1. The van der Waals surface area contributed by atoms with Gasteiger partial charge in [0.05, 0.1) is 6.26 Å². The Morgan fingerprint density at radius 3 is 2.30 bits per heavy atom. The maximum Gasteiger partial charge on any atom is 0.211 e. The maximum atomic E-state index is 10.8. The average molecular weight is 164 g/mol. The van der Waals surface area contributed by atoms with Gasteiger partial charge in [-0.05, 0) is 7.05 Å². The van der Waals surface area contributed by atoms with E-state index in [-0.39, 0.29) is 0 Å². The molecule has 0 aromatic carbocycles. The molecule has 0 radical (unpaired) electrons. The van der Waals surface area contributed by atoms with Crippen LogP contribution in [0.4, 0.5) is 0 Å². The molecule has 0 aliphatic carbocycles. The third kappa shape index (κ3) is 1.47. The van der Waals surface area contributed by atoms with Crippen molar-refractivity contribution in [1.82, 2.24) is 9.62 Å². The molecule has 0 amide bonds. The standard InChI is InChI=1S/C5H12N2O2S/c1-6-5-3-7(4-5)10(2,8)9/h5-6H,3-4H2,1-2H3. The fraction of sp³-hybridized carbons (Fsp3) is 1.00. The lowest BCUT2D eigenvalue weighted by molar-refractivity contribution is 0.238. The molecule has 1 fully saturated rings. The summed E-state index contributed by atoms with van der Waals surface area (Å²) in [6.45, 7) is 1.24. The van der Waals surface area contributed by atoms with Gasteiger partial charge in [0.15, 0.2) is 0 Å². The number of rotatable bonds is 2. The first-order chi connectivity index (χ1) is 4.54. The van der Waals surface area contributed by atoms with E-state index in [1.165, 1.54) is 10.6 Å². The van der Waals surface area contributed by atoms with Crippen LogP contribution in [0.1, 0.15) is 0 Å². The second-order valence-corrected chi connectivity index (χ2v) is 4.55. The van der Waals surface area contributed by atoms with E-state index in [0.717, 1.165) is 0 Å². The Morgan fingerprint density at radius 2 is 2.00 bits per heavy atom. The maximum absolute atomic E-state index is 10.8. The van der Waals surface area contributed by atoms with E-state index in [4.69, 9.17) is 0 Å². The Hall–Kier alpha value is -0.130. The lowest BCUT2D eigenvalue weighted by atomic mass is 10.2. The molecule has 0 aromatic rings. The first-order valence-electron chi connectivity index (χ1n) is 3.16. The fourth-order valence-electron chi connectivity index (χ4n) is 0.892. The van der Waals surface area contributed by atoms with Gasteiger partial charge < -0.3 is 5.32 Å². The van der Waals surface area contributed by atoms with Gasteiger partial charge in [0.1, 0.15) is 0 Å². The molecule has 1 N–H and O–H groups in total. The predicted octanol–water partition coefficient (Wildman–Crippen LogP) is -1.15. The van der Waals surface area contributed by atoms with Crippen molar-refractivity contribution in [2.75, 3.05) is 26.4 Å². The Morgan fingerprint density at radius 1 is 1.50 bits per heavy atom. The molecular formula is C5H12N2O2S. The molecule has 60 valence electrons. The molecule has 1 aliphatic heterocycles. The number of hydrogen-bond donors (Lipinski definition) is 1. The van der Waals surface area contributed by atoms with Gasteiger partial charge in [-0.15, -0.1) is 0 Å². The van der Waals surface area contributed by atoms with Gasteiger partial charge in [0.2, 0.25) is 10.0 Å². The quantitative estimate of drug-likeness (QED) is 0.560. The second-order valence-electron chi connectivity index (χ2n) is 2.57. The summed E-state index contributed by atoms with van der Waals surface area (Å²) in [6.07, 6.45) is 1.23. The molecule has 5 heteroatoms. The van der Waals surface area contributed by atoms with Crippen LogP contribution in [0.25, 0.3) is 0 Å². The highest BCUT2D eigenvalue weighted by Gasteiger charge is 2.31. The summed E-state index contributed by atoms with van der Waals surface area (Å²) in [7, 11) is -1.08. The zero-order valence-corrected chi connectivity index (χ0v) is 6.98. The fourth-order valence-corrected chi connectivity index (χ4v) is 1.79. The third-order valence-electron chi connectivity index (χ3n) is 1.73. The van der Waals surface area contributed by atoms with Crippen molar-refractivity contribution < 1.29 is 8.42 Å². The van der Waals surface area contributed by atoms with Gasteiger partial charge in [-0.3, -0.25) is 0 Å². The smallest absolute Gasteiger partial charge is 0.211 e. The molecule has 4 nitrogen and oxygen atoms in total. The highest BCUT2D eigenvalue weighted by Crippen LogP contribution is 2.10. The Labute approximate surface area is 61.3 Å². The van der Waals surface area contributed by atoms with Crippen LogP contribution in [-0.4, -0.2) is 45.2 Å². The lowest BCUT2D eigenvalue weighted by Crippen LogP contribution is -2.58. The SMILES string of the molecule is CNC1CN(S(C)(=O)=O)C1. The van der Waals surface area contributed by atoms with Crippen molar-refractivity contribution in [3.63, 3.8) is 0 Å². The normalized spacial score (nSPS) is 22.6. The largest absolute Gasteiger partial charge is 0.314 e. The predicted molar refractivity (Wildman–Crippen MR) is 39.3 cm³/mol. The van der Waals surface area contributed by atoms with Crippen molar-refractivity contribution in [3.8, 4) is 0 Å². The summed E-state index contributed by atoms with van der Waals surface area (Å²) in [4.78, 5) is 0. The minimum absolute atomic E-state index is 0.356. The van der Waals surface area contributed by atoms with E-state index in [1.807, 2.05) is 7.05 Å². The highest BCUT2D eigenvalue weighted by molar-refractivity contribution is 7.88. The van der Waals surface area contributed by atoms with Crippen molar-refractivity contribution in [2.45, 2.75) is 6.04 Å². The summed E-state index contributed by atoms with van der Waals surface area (Å²) in [5.74, 6) is 0. The van der Waals surface area contributed by atoms with E-state index >= 15 is 0 Å². The highest BCUT2D eigenvalue weighted by atomic mass is 32.2. The Bertz CT molecular complexity index is 206. The zero-order valence-electron chi connectivity index (χ0n) is 6.16. The molecule has 0 aromatic heterocycles. The van der Waals surface area contributed by atoms with Crippen LogP contribution in [0.15, 0.2) is 0 Å². The topological polar surface area (TPSA) is 49.4 Å². The molecule has 1 aliphatic rings. The van der Waals surface area contributed by atoms with Crippen molar-refractivity contribution in [1.29, 1.82) is 0 Å². The number of nitrogens with one attached hydrogen (secondary N) is 1. The lowest BCUT2D eigenvalue weighted by Gasteiger charge is -2.36. The van der Waals surface area contributed by atoms with Gasteiger partial charge in [-0.1, -0.05) is 0 Å². The van der Waals surface area contributed by atoms with Gasteiger partial charge in [0, 0.05) is 19.1 Å². The molecular weight excluding hydrogens is 152 g/mol. The third-order valence-corrected chi connectivity index (χ3v) is 2.96. The number of sulfonamides is 1. The molecule has 1 saturated heterocycles. The van der Waals surface area contributed by atoms with Crippen LogP contribution in [-0.2, 0) is 10.0 Å². The van der Waals surface area contributed by atoms with Crippen LogP contribution < -0.4 is 5.32 Å². The van der Waals surface area contributed by atoms with Gasteiger partial charge >= 0.3 is 0 Å². The molecule has 0 spiro atoms. The second kappa shape index (κ2) is 2.48. The Kier molecular flexibility index (Phi) is 1.98. The average Bonchev–Trinajstić information content (AvgIpc) is 1.57. The van der Waals surface area contributed by atoms with Crippen LogP contribution in [0, 0.1) is 0 Å². The van der Waals surface area contributed by atoms with Crippen LogP contribution in [0.2, 0.25) is 0 Å². The van der Waals surface area contributed by atoms with Crippen molar-refractivity contribution in [3.05, 3.63) is 0 Å². The van der Waals surface area contributed by atoms with Crippen molar-refractivity contribution in [2.24, 2.45) is 0 Å². The van der Waals surface area contributed by atoms with Crippen LogP contribution >= 0.6 is 0 Å². The summed E-state index contributed by atoms with van der Waals surface area (Å²) >= 11 is 0. The summed E-state index contributed by atoms with van der Waals surface area (Å²) in [5.41, 5.74) is 0. The van der Waals surface area contributed by atoms with E-state index < -0.39 is 10.0 Å². The van der Waals surface area contributed by atoms with Gasteiger partial charge in [-0.2, -0.15) is 4.31 Å². The van der Waals surface area contributed by atoms with E-state index in [9.17, 15) is 8.42 Å². The van der Waals surface area contributed by atoms with Gasteiger partial charge in [-0.25, -0.2) is 8.42 Å². The summed E-state index contributed by atoms with van der Waals surface area (Å²) < 4.78 is 23.0. The van der Waals surface area contributed by atoms with Crippen LogP contribution in [0.3, 0.4) is 0 Å². The molecule has 0 atom stereocenters. The molecule has 0 bridgehead atoms.